The fourth-order valence-corrected chi connectivity index (χ4v) is 2.61. The Kier molecular flexibility index (Phi) is 5.65. The molecule has 1 saturated carbocycles. The first kappa shape index (κ1) is 16.3. The average Bonchev–Trinajstić information content (AvgIpc) is 3.23. The Labute approximate surface area is 129 Å². The summed E-state index contributed by atoms with van der Waals surface area (Å²) in [4.78, 5) is 2.56. The molecule has 1 aliphatic rings. The Balaban J connectivity index is 2.18. The maximum absolute atomic E-state index is 6.03. The van der Waals surface area contributed by atoms with E-state index in [1.165, 1.54) is 30.5 Å². The predicted molar refractivity (Wildman–Crippen MR) is 88.5 cm³/mol. The van der Waals surface area contributed by atoms with Gasteiger partial charge in [-0.3, -0.25) is 4.90 Å². The fraction of sp³-hybridized carbons (Fsp3) is 0.667. The van der Waals surface area contributed by atoms with Crippen molar-refractivity contribution < 1.29 is 4.74 Å². The van der Waals surface area contributed by atoms with Gasteiger partial charge in [-0.15, -0.1) is 0 Å². The molecule has 118 valence electrons. The van der Waals surface area contributed by atoms with E-state index >= 15 is 0 Å². The van der Waals surface area contributed by atoms with Gasteiger partial charge in [-0.05, 0) is 64.2 Å². The summed E-state index contributed by atoms with van der Waals surface area (Å²) in [7, 11) is 0. The second-order valence-corrected chi connectivity index (χ2v) is 6.56. The third-order valence-electron chi connectivity index (χ3n) is 4.20. The number of nitrogens with two attached hydrogens (primary N) is 1. The fourth-order valence-electron chi connectivity index (χ4n) is 2.61. The van der Waals surface area contributed by atoms with Crippen LogP contribution in [0, 0.1) is 5.92 Å². The molecule has 1 fully saturated rings. The Morgan fingerprint density at radius 2 is 2.00 bits per heavy atom. The molecular weight excluding hydrogens is 260 g/mol. The molecule has 1 aromatic rings. The number of hydrogen-bond donors (Lipinski definition) is 1. The standard InChI is InChI=1S/C18H30N2O/c1-5-21-18-9-8-16(14(4)19)10-17(18)12-20(13(2)3)11-15-6-7-15/h8-10,13-15H,5-7,11-12,19H2,1-4H3. The molecule has 2 rings (SSSR count). The van der Waals surface area contributed by atoms with Crippen molar-refractivity contribution in [1.82, 2.24) is 4.90 Å². The van der Waals surface area contributed by atoms with Crippen molar-refractivity contribution in [3.8, 4) is 5.75 Å². The van der Waals surface area contributed by atoms with Crippen LogP contribution in [0.4, 0.5) is 0 Å². The summed E-state index contributed by atoms with van der Waals surface area (Å²) in [5.41, 5.74) is 8.48. The molecule has 0 aromatic heterocycles. The first-order valence-corrected chi connectivity index (χ1v) is 8.26. The number of hydrogen-bond acceptors (Lipinski definition) is 3. The maximum atomic E-state index is 6.03. The van der Waals surface area contributed by atoms with Crippen LogP contribution < -0.4 is 10.5 Å². The molecule has 1 aliphatic carbocycles. The summed E-state index contributed by atoms with van der Waals surface area (Å²) in [6.07, 6.45) is 2.78. The third kappa shape index (κ3) is 4.72. The molecular formula is C18H30N2O. The zero-order valence-electron chi connectivity index (χ0n) is 13.9. The second kappa shape index (κ2) is 7.28. The van der Waals surface area contributed by atoms with Gasteiger partial charge in [0.2, 0.25) is 0 Å². The van der Waals surface area contributed by atoms with Crippen LogP contribution in [-0.4, -0.2) is 24.1 Å². The first-order chi connectivity index (χ1) is 10.0. The lowest BCUT2D eigenvalue weighted by Gasteiger charge is -2.27. The summed E-state index contributed by atoms with van der Waals surface area (Å²) in [5, 5.41) is 0. The van der Waals surface area contributed by atoms with Crippen molar-refractivity contribution in [1.29, 1.82) is 0 Å². The van der Waals surface area contributed by atoms with Crippen molar-refractivity contribution in [2.45, 2.75) is 59.2 Å². The zero-order valence-corrected chi connectivity index (χ0v) is 13.9. The number of nitrogens with zero attached hydrogens (tertiary/aromatic N) is 1. The Bertz CT molecular complexity index is 453. The predicted octanol–water partition coefficient (Wildman–Crippen LogP) is 3.73. The van der Waals surface area contributed by atoms with Gasteiger partial charge in [0, 0.05) is 30.7 Å². The quantitative estimate of drug-likeness (QED) is 0.793. The van der Waals surface area contributed by atoms with Crippen molar-refractivity contribution in [3.05, 3.63) is 29.3 Å². The van der Waals surface area contributed by atoms with Gasteiger partial charge >= 0.3 is 0 Å². The van der Waals surface area contributed by atoms with E-state index < -0.39 is 0 Å². The van der Waals surface area contributed by atoms with Crippen LogP contribution in [0.1, 0.15) is 57.7 Å². The van der Waals surface area contributed by atoms with Crippen LogP contribution in [0.25, 0.3) is 0 Å². The van der Waals surface area contributed by atoms with Crippen LogP contribution in [0.2, 0.25) is 0 Å². The monoisotopic (exact) mass is 290 g/mol. The van der Waals surface area contributed by atoms with E-state index in [0.29, 0.717) is 12.6 Å². The molecule has 0 radical (unpaired) electrons. The van der Waals surface area contributed by atoms with Gasteiger partial charge in [0.05, 0.1) is 6.61 Å². The Hall–Kier alpha value is -1.06. The highest BCUT2D eigenvalue weighted by Gasteiger charge is 2.26. The molecule has 0 saturated heterocycles. The second-order valence-electron chi connectivity index (χ2n) is 6.56. The van der Waals surface area contributed by atoms with Gasteiger partial charge in [0.25, 0.3) is 0 Å². The van der Waals surface area contributed by atoms with E-state index in [2.05, 4.69) is 36.9 Å². The number of ether oxygens (including phenoxy) is 1. The summed E-state index contributed by atoms with van der Waals surface area (Å²) in [5.74, 6) is 1.91. The third-order valence-corrected chi connectivity index (χ3v) is 4.20. The minimum Gasteiger partial charge on any atom is -0.494 e. The summed E-state index contributed by atoms with van der Waals surface area (Å²) >= 11 is 0. The van der Waals surface area contributed by atoms with Gasteiger partial charge < -0.3 is 10.5 Å². The molecule has 1 unspecified atom stereocenters. The van der Waals surface area contributed by atoms with Crippen LogP contribution >= 0.6 is 0 Å². The normalized spacial score (nSPS) is 16.5. The lowest BCUT2D eigenvalue weighted by Crippen LogP contribution is -2.32. The smallest absolute Gasteiger partial charge is 0.123 e. The van der Waals surface area contributed by atoms with Crippen LogP contribution in [0.15, 0.2) is 18.2 Å². The number of rotatable bonds is 8. The minimum absolute atomic E-state index is 0.0651. The van der Waals surface area contributed by atoms with Crippen molar-refractivity contribution >= 4 is 0 Å². The molecule has 0 amide bonds. The summed E-state index contributed by atoms with van der Waals surface area (Å²) in [6, 6.07) is 7.00. The molecule has 0 bridgehead atoms. The van der Waals surface area contributed by atoms with E-state index in [-0.39, 0.29) is 6.04 Å². The van der Waals surface area contributed by atoms with E-state index in [9.17, 15) is 0 Å². The van der Waals surface area contributed by atoms with Gasteiger partial charge in [-0.2, -0.15) is 0 Å². The summed E-state index contributed by atoms with van der Waals surface area (Å²) in [6.45, 7) is 11.5. The van der Waals surface area contributed by atoms with Crippen molar-refractivity contribution in [3.63, 3.8) is 0 Å². The largest absolute Gasteiger partial charge is 0.494 e. The SMILES string of the molecule is CCOc1ccc(C(C)N)cc1CN(CC1CC1)C(C)C. The summed E-state index contributed by atoms with van der Waals surface area (Å²) < 4.78 is 5.81. The molecule has 3 nitrogen and oxygen atoms in total. The van der Waals surface area contributed by atoms with Crippen LogP contribution in [0.5, 0.6) is 5.75 Å². The van der Waals surface area contributed by atoms with E-state index in [1.54, 1.807) is 0 Å². The lowest BCUT2D eigenvalue weighted by atomic mass is 10.0. The highest BCUT2D eigenvalue weighted by Crippen LogP contribution is 2.32. The van der Waals surface area contributed by atoms with E-state index in [4.69, 9.17) is 10.5 Å². The molecule has 2 N–H and O–H groups in total. The maximum Gasteiger partial charge on any atom is 0.123 e. The van der Waals surface area contributed by atoms with Gasteiger partial charge in [-0.1, -0.05) is 6.07 Å². The van der Waals surface area contributed by atoms with Gasteiger partial charge in [0.1, 0.15) is 5.75 Å². The highest BCUT2D eigenvalue weighted by atomic mass is 16.5. The molecule has 0 aliphatic heterocycles. The van der Waals surface area contributed by atoms with Crippen molar-refractivity contribution in [2.24, 2.45) is 11.7 Å². The van der Waals surface area contributed by atoms with Crippen LogP contribution in [0.3, 0.4) is 0 Å². The zero-order chi connectivity index (χ0) is 15.4. The lowest BCUT2D eigenvalue weighted by molar-refractivity contribution is 0.200. The molecule has 1 atom stereocenters. The average molecular weight is 290 g/mol. The van der Waals surface area contributed by atoms with Crippen molar-refractivity contribution in [2.75, 3.05) is 13.2 Å². The molecule has 1 aromatic carbocycles. The Morgan fingerprint density at radius 1 is 1.29 bits per heavy atom. The van der Waals surface area contributed by atoms with Gasteiger partial charge in [0.15, 0.2) is 0 Å². The molecule has 0 heterocycles. The minimum atomic E-state index is 0.0651. The number of benzene rings is 1. The molecule has 0 spiro atoms. The first-order valence-electron chi connectivity index (χ1n) is 8.26. The van der Waals surface area contributed by atoms with Gasteiger partial charge in [-0.25, -0.2) is 0 Å². The Morgan fingerprint density at radius 3 is 2.52 bits per heavy atom. The molecule has 21 heavy (non-hydrogen) atoms. The molecule has 3 heteroatoms. The highest BCUT2D eigenvalue weighted by molar-refractivity contribution is 5.38. The van der Waals surface area contributed by atoms with E-state index in [0.717, 1.165) is 18.2 Å². The van der Waals surface area contributed by atoms with Crippen LogP contribution in [-0.2, 0) is 6.54 Å². The topological polar surface area (TPSA) is 38.5 Å². The van der Waals surface area contributed by atoms with E-state index in [1.807, 2.05) is 13.8 Å².